The number of hydrogen-bond donors (Lipinski definition) is 4. The molecular weight excluding hydrogens is 644 g/mol. The van der Waals surface area contributed by atoms with E-state index in [-0.39, 0.29) is 24.2 Å². The lowest BCUT2D eigenvalue weighted by molar-refractivity contribution is -0.154. The summed E-state index contributed by atoms with van der Waals surface area (Å²) in [5, 5.41) is 19.9. The number of nitrogens with zero attached hydrogens (tertiary/aromatic N) is 3. The van der Waals surface area contributed by atoms with Crippen LogP contribution in [0.3, 0.4) is 0 Å². The van der Waals surface area contributed by atoms with E-state index in [0.717, 1.165) is 13.1 Å². The van der Waals surface area contributed by atoms with E-state index in [9.17, 15) is 29.1 Å². The first kappa shape index (κ1) is 45.2. The summed E-state index contributed by atoms with van der Waals surface area (Å²) in [7, 11) is 5.83. The van der Waals surface area contributed by atoms with Gasteiger partial charge in [0.2, 0.25) is 29.5 Å². The molecule has 4 N–H and O–H groups in total. The highest BCUT2D eigenvalue weighted by Crippen LogP contribution is 2.22. The van der Waals surface area contributed by atoms with E-state index in [4.69, 9.17) is 9.47 Å². The summed E-state index contributed by atoms with van der Waals surface area (Å²) in [4.78, 5) is 72.9. The molecule has 14 heteroatoms. The highest BCUT2D eigenvalue weighted by molar-refractivity contribution is 5.96. The monoisotopic (exact) mass is 713 g/mol. The average Bonchev–Trinajstić information content (AvgIpc) is 3.07. The third-order valence-electron chi connectivity index (χ3n) is 9.55. The number of amides is 5. The second kappa shape index (κ2) is 22.2. The van der Waals surface area contributed by atoms with Crippen LogP contribution < -0.4 is 16.0 Å². The SMILES string of the molecule is CNC(=O)[C@@H](NC(=O)[C@H]([C@H](O)[C@H](C)CCN1CCOCC1)N(C)C(=O)[C@H](C(C)C)N(C)C(=O)[C@H](CC(C)C)NC(=O)CCC(C)C)[C@@H](C)OC. The molecule has 1 saturated heterocycles. The van der Waals surface area contributed by atoms with Gasteiger partial charge in [0, 0.05) is 47.8 Å². The van der Waals surface area contributed by atoms with Gasteiger partial charge in [-0.1, -0.05) is 48.5 Å². The first-order valence-corrected chi connectivity index (χ1v) is 18.2. The summed E-state index contributed by atoms with van der Waals surface area (Å²) in [6.07, 6.45) is -0.125. The maximum absolute atomic E-state index is 14.4. The number of aliphatic hydroxyl groups is 1. The molecule has 1 aliphatic rings. The molecule has 0 aliphatic carbocycles. The van der Waals surface area contributed by atoms with Crippen LogP contribution in [0.4, 0.5) is 0 Å². The molecule has 14 nitrogen and oxygen atoms in total. The Morgan fingerprint density at radius 3 is 1.90 bits per heavy atom. The van der Waals surface area contributed by atoms with Crippen LogP contribution in [-0.2, 0) is 33.4 Å². The lowest BCUT2D eigenvalue weighted by atomic mass is 9.91. The minimum atomic E-state index is -1.40. The fourth-order valence-electron chi connectivity index (χ4n) is 6.19. The Balaban J connectivity index is 3.45. The predicted octanol–water partition coefficient (Wildman–Crippen LogP) is 1.25. The highest BCUT2D eigenvalue weighted by Gasteiger charge is 2.43. The van der Waals surface area contributed by atoms with Crippen LogP contribution in [0.15, 0.2) is 0 Å². The molecule has 0 bridgehead atoms. The molecule has 50 heavy (non-hydrogen) atoms. The number of carbonyl (C=O) groups is 5. The fourth-order valence-corrected chi connectivity index (χ4v) is 6.19. The van der Waals surface area contributed by atoms with Crippen molar-refractivity contribution in [3.05, 3.63) is 0 Å². The molecule has 0 spiro atoms. The lowest BCUT2D eigenvalue weighted by Gasteiger charge is -2.40. The van der Waals surface area contributed by atoms with Gasteiger partial charge in [0.1, 0.15) is 24.2 Å². The van der Waals surface area contributed by atoms with Crippen LogP contribution >= 0.6 is 0 Å². The minimum Gasteiger partial charge on any atom is -0.390 e. The van der Waals surface area contributed by atoms with Crippen LogP contribution in [0.2, 0.25) is 0 Å². The number of ether oxygens (including phenoxy) is 2. The van der Waals surface area contributed by atoms with Gasteiger partial charge < -0.3 is 40.3 Å². The molecule has 1 fully saturated rings. The Kier molecular flexibility index (Phi) is 20.1. The van der Waals surface area contributed by atoms with Crippen molar-refractivity contribution in [1.29, 1.82) is 0 Å². The van der Waals surface area contributed by atoms with E-state index in [1.165, 1.54) is 38.1 Å². The van der Waals surface area contributed by atoms with Gasteiger partial charge in [-0.15, -0.1) is 0 Å². The van der Waals surface area contributed by atoms with Crippen molar-refractivity contribution in [1.82, 2.24) is 30.7 Å². The minimum absolute atomic E-state index is 0.0866. The van der Waals surface area contributed by atoms with E-state index in [2.05, 4.69) is 20.9 Å². The normalized spacial score (nSPS) is 18.1. The molecule has 0 unspecified atom stereocenters. The molecule has 0 aromatic heterocycles. The van der Waals surface area contributed by atoms with Crippen LogP contribution in [0.5, 0.6) is 0 Å². The highest BCUT2D eigenvalue weighted by atomic mass is 16.5. The summed E-state index contributed by atoms with van der Waals surface area (Å²) >= 11 is 0. The van der Waals surface area contributed by atoms with Gasteiger partial charge in [-0.3, -0.25) is 28.9 Å². The largest absolute Gasteiger partial charge is 0.390 e. The summed E-state index contributed by atoms with van der Waals surface area (Å²) in [5.41, 5.74) is 0. The molecule has 0 aromatic rings. The Morgan fingerprint density at radius 1 is 0.820 bits per heavy atom. The molecule has 5 amide bonds. The Hall–Kier alpha value is -2.81. The molecular formula is C36H68N6O8. The lowest BCUT2D eigenvalue weighted by Crippen LogP contribution is -2.64. The van der Waals surface area contributed by atoms with Crippen LogP contribution in [0.1, 0.15) is 81.1 Å². The molecule has 0 radical (unpaired) electrons. The summed E-state index contributed by atoms with van der Waals surface area (Å²) in [6.45, 7) is 18.5. The molecule has 1 heterocycles. The number of methoxy groups -OCH3 is 1. The zero-order chi connectivity index (χ0) is 38.3. The second-order valence-corrected chi connectivity index (χ2v) is 15.0. The topological polar surface area (TPSA) is 170 Å². The van der Waals surface area contributed by atoms with Crippen LogP contribution in [0.25, 0.3) is 0 Å². The van der Waals surface area contributed by atoms with Crippen molar-refractivity contribution >= 4 is 29.5 Å². The van der Waals surface area contributed by atoms with Crippen molar-refractivity contribution in [3.8, 4) is 0 Å². The van der Waals surface area contributed by atoms with Gasteiger partial charge in [0.15, 0.2) is 0 Å². The number of nitrogens with one attached hydrogen (secondary N) is 3. The van der Waals surface area contributed by atoms with Crippen molar-refractivity contribution in [2.45, 2.75) is 117 Å². The first-order chi connectivity index (χ1) is 23.4. The standard InChI is InChI=1S/C36H68N6O8/c1-22(2)13-14-28(43)38-27(21-23(3)4)35(47)40(10)30(24(5)6)36(48)41(11)31(34(46)39-29(26(8)49-12)33(45)37-9)32(44)25(7)15-16-42-17-19-50-20-18-42/h22-27,29-32,44H,13-21H2,1-12H3,(H,37,45)(H,38,43)(H,39,46)/t25-,26-,27+,29+,30+,31+,32-/m1/s1. The van der Waals surface area contributed by atoms with E-state index in [1.807, 2.05) is 34.6 Å². The third-order valence-corrected chi connectivity index (χ3v) is 9.55. The summed E-state index contributed by atoms with van der Waals surface area (Å²) in [6, 6.07) is -4.35. The van der Waals surface area contributed by atoms with E-state index >= 15 is 0 Å². The maximum atomic E-state index is 14.4. The summed E-state index contributed by atoms with van der Waals surface area (Å²) in [5.74, 6) is -2.80. The van der Waals surface area contributed by atoms with E-state index < -0.39 is 65.9 Å². The van der Waals surface area contributed by atoms with Gasteiger partial charge in [-0.05, 0) is 56.4 Å². The van der Waals surface area contributed by atoms with E-state index in [0.29, 0.717) is 44.9 Å². The van der Waals surface area contributed by atoms with Gasteiger partial charge in [-0.25, -0.2) is 0 Å². The zero-order valence-corrected chi connectivity index (χ0v) is 32.8. The van der Waals surface area contributed by atoms with Crippen molar-refractivity contribution < 1.29 is 38.6 Å². The number of carbonyl (C=O) groups excluding carboxylic acids is 5. The number of hydrogen-bond acceptors (Lipinski definition) is 9. The number of rotatable bonds is 21. The molecule has 1 rings (SSSR count). The van der Waals surface area contributed by atoms with Gasteiger partial charge in [0.05, 0.1) is 25.4 Å². The van der Waals surface area contributed by atoms with Gasteiger partial charge in [-0.2, -0.15) is 0 Å². The fraction of sp³-hybridized carbons (Fsp3) is 0.861. The quantitative estimate of drug-likeness (QED) is 0.137. The third kappa shape index (κ3) is 14.1. The van der Waals surface area contributed by atoms with Gasteiger partial charge >= 0.3 is 0 Å². The molecule has 7 atom stereocenters. The smallest absolute Gasteiger partial charge is 0.246 e. The molecule has 290 valence electrons. The molecule has 0 saturated carbocycles. The van der Waals surface area contributed by atoms with Crippen LogP contribution in [-0.4, -0.2) is 147 Å². The van der Waals surface area contributed by atoms with Gasteiger partial charge in [0.25, 0.3) is 0 Å². The summed E-state index contributed by atoms with van der Waals surface area (Å²) < 4.78 is 10.8. The second-order valence-electron chi connectivity index (χ2n) is 15.0. The maximum Gasteiger partial charge on any atom is 0.246 e. The molecule has 0 aromatic carbocycles. The number of likely N-dealkylation sites (N-methyl/N-ethyl adjacent to an activating group) is 3. The number of aliphatic hydroxyl groups excluding tert-OH is 1. The van der Waals surface area contributed by atoms with Crippen molar-refractivity contribution in [3.63, 3.8) is 0 Å². The first-order valence-electron chi connectivity index (χ1n) is 18.2. The Bertz CT molecular complexity index is 1080. The van der Waals surface area contributed by atoms with Crippen molar-refractivity contribution in [2.75, 3.05) is 61.1 Å². The Morgan fingerprint density at radius 2 is 1.40 bits per heavy atom. The Labute approximate surface area is 300 Å². The van der Waals surface area contributed by atoms with Crippen LogP contribution in [0, 0.1) is 23.7 Å². The predicted molar refractivity (Wildman–Crippen MR) is 193 cm³/mol. The number of morpholine rings is 1. The van der Waals surface area contributed by atoms with E-state index in [1.54, 1.807) is 20.8 Å². The van der Waals surface area contributed by atoms with Crippen molar-refractivity contribution in [2.24, 2.45) is 23.7 Å². The molecule has 1 aliphatic heterocycles. The average molecular weight is 713 g/mol. The zero-order valence-electron chi connectivity index (χ0n) is 32.8.